The first-order valence-electron chi connectivity index (χ1n) is 6.32. The summed E-state index contributed by atoms with van der Waals surface area (Å²) in [6, 6.07) is 3.08. The Bertz CT molecular complexity index is 566. The van der Waals surface area contributed by atoms with E-state index in [1.807, 2.05) is 0 Å². The van der Waals surface area contributed by atoms with E-state index in [4.69, 9.17) is 15.7 Å². The molecule has 1 unspecified atom stereocenters. The van der Waals surface area contributed by atoms with Crippen LogP contribution in [0.3, 0.4) is 0 Å². The number of ether oxygens (including phenoxy) is 1. The summed E-state index contributed by atoms with van der Waals surface area (Å²) in [5, 5.41) is 11.4. The van der Waals surface area contributed by atoms with Gasteiger partial charge in [0.25, 0.3) is 0 Å². The van der Waals surface area contributed by atoms with Crippen molar-refractivity contribution >= 4 is 11.7 Å². The number of carbonyl (C=O) groups is 1. The zero-order valence-electron chi connectivity index (χ0n) is 11.1. The Hall–Kier alpha value is -2.22. The summed E-state index contributed by atoms with van der Waals surface area (Å²) in [5.74, 6) is -1.91. The number of hydrogen-bond donors (Lipinski definition) is 2. The molecule has 1 heterocycles. The van der Waals surface area contributed by atoms with Crippen LogP contribution in [0.5, 0.6) is 0 Å². The third-order valence-electron chi connectivity index (χ3n) is 3.22. The third-order valence-corrected chi connectivity index (χ3v) is 3.22. The van der Waals surface area contributed by atoms with Gasteiger partial charge in [0, 0.05) is 12.6 Å². The highest BCUT2D eigenvalue weighted by molar-refractivity contribution is 5.86. The molecule has 0 radical (unpaired) electrons. The number of halogens is 2. The fourth-order valence-electron chi connectivity index (χ4n) is 2.06. The predicted octanol–water partition coefficient (Wildman–Crippen LogP) is 0.481. The molecule has 0 aromatic heterocycles. The SMILES string of the molecule is N/C(=N/O)C1CN(C(=O)Cc2ccc(F)cc2F)CCO1. The van der Waals surface area contributed by atoms with Gasteiger partial charge in [-0.25, -0.2) is 8.78 Å². The van der Waals surface area contributed by atoms with E-state index in [0.29, 0.717) is 6.54 Å². The zero-order valence-corrected chi connectivity index (χ0v) is 11.1. The number of amidine groups is 1. The van der Waals surface area contributed by atoms with Gasteiger partial charge in [-0.05, 0) is 11.6 Å². The van der Waals surface area contributed by atoms with Gasteiger partial charge < -0.3 is 20.6 Å². The van der Waals surface area contributed by atoms with E-state index < -0.39 is 17.7 Å². The van der Waals surface area contributed by atoms with E-state index in [9.17, 15) is 13.6 Å². The smallest absolute Gasteiger partial charge is 0.227 e. The van der Waals surface area contributed by atoms with Crippen LogP contribution in [0.2, 0.25) is 0 Å². The van der Waals surface area contributed by atoms with Crippen molar-refractivity contribution in [1.82, 2.24) is 4.90 Å². The monoisotopic (exact) mass is 299 g/mol. The molecule has 1 aliphatic heterocycles. The Labute approximate surface area is 119 Å². The molecule has 1 fully saturated rings. The van der Waals surface area contributed by atoms with Gasteiger partial charge in [-0.15, -0.1) is 0 Å². The van der Waals surface area contributed by atoms with Crippen LogP contribution < -0.4 is 5.73 Å². The number of benzene rings is 1. The quantitative estimate of drug-likeness (QED) is 0.368. The Kier molecular flexibility index (Phi) is 4.69. The second-order valence-electron chi connectivity index (χ2n) is 4.64. The molecule has 2 rings (SSSR count). The Morgan fingerprint density at radius 2 is 2.29 bits per heavy atom. The molecule has 6 nitrogen and oxygen atoms in total. The second-order valence-corrected chi connectivity index (χ2v) is 4.64. The molecule has 1 aromatic carbocycles. The standard InChI is InChI=1S/C13H15F2N3O3/c14-9-2-1-8(10(15)6-9)5-12(19)18-3-4-21-11(7-18)13(16)17-20/h1-2,6,11,20H,3-5,7H2,(H2,16,17). The van der Waals surface area contributed by atoms with Gasteiger partial charge in [-0.1, -0.05) is 11.2 Å². The lowest BCUT2D eigenvalue weighted by molar-refractivity contribution is -0.136. The largest absolute Gasteiger partial charge is 0.409 e. The molecule has 0 aliphatic carbocycles. The second kappa shape index (κ2) is 6.49. The summed E-state index contributed by atoms with van der Waals surface area (Å²) >= 11 is 0. The maximum Gasteiger partial charge on any atom is 0.227 e. The van der Waals surface area contributed by atoms with Gasteiger partial charge in [0.1, 0.15) is 17.7 Å². The van der Waals surface area contributed by atoms with Crippen molar-refractivity contribution < 1.29 is 23.5 Å². The summed E-state index contributed by atoms with van der Waals surface area (Å²) in [5.41, 5.74) is 5.56. The highest BCUT2D eigenvalue weighted by Gasteiger charge is 2.27. The number of carbonyl (C=O) groups excluding carboxylic acids is 1. The number of morpholine rings is 1. The molecule has 1 saturated heterocycles. The van der Waals surface area contributed by atoms with Crippen LogP contribution in [0.4, 0.5) is 8.78 Å². The fourth-order valence-corrected chi connectivity index (χ4v) is 2.06. The molecule has 0 bridgehead atoms. The topological polar surface area (TPSA) is 88.2 Å². The minimum absolute atomic E-state index is 0.119. The van der Waals surface area contributed by atoms with Crippen molar-refractivity contribution in [2.75, 3.05) is 19.7 Å². The van der Waals surface area contributed by atoms with Gasteiger partial charge in [-0.2, -0.15) is 0 Å². The maximum atomic E-state index is 13.5. The number of rotatable bonds is 3. The summed E-state index contributed by atoms with van der Waals surface area (Å²) in [6.07, 6.45) is -0.875. The molecule has 0 saturated carbocycles. The van der Waals surface area contributed by atoms with Crippen molar-refractivity contribution in [2.45, 2.75) is 12.5 Å². The van der Waals surface area contributed by atoms with E-state index in [1.165, 1.54) is 11.0 Å². The molecule has 0 spiro atoms. The molecular weight excluding hydrogens is 284 g/mol. The van der Waals surface area contributed by atoms with Crippen LogP contribution in [0.15, 0.2) is 23.4 Å². The third kappa shape index (κ3) is 3.66. The first-order chi connectivity index (χ1) is 10.0. The van der Waals surface area contributed by atoms with Crippen molar-refractivity contribution in [3.63, 3.8) is 0 Å². The Balaban J connectivity index is 2.03. The average Bonchev–Trinajstić information content (AvgIpc) is 2.49. The molecular formula is C13H15F2N3O3. The van der Waals surface area contributed by atoms with Crippen molar-refractivity contribution in [3.8, 4) is 0 Å². The Morgan fingerprint density at radius 3 is 2.95 bits per heavy atom. The van der Waals surface area contributed by atoms with Gasteiger partial charge in [-0.3, -0.25) is 4.79 Å². The lowest BCUT2D eigenvalue weighted by Gasteiger charge is -2.32. The highest BCUT2D eigenvalue weighted by atomic mass is 19.1. The normalized spacial score (nSPS) is 19.6. The molecule has 1 aromatic rings. The number of amides is 1. The molecule has 8 heteroatoms. The molecule has 114 valence electrons. The molecule has 21 heavy (non-hydrogen) atoms. The van der Waals surface area contributed by atoms with Crippen LogP contribution >= 0.6 is 0 Å². The molecule has 1 atom stereocenters. The molecule has 1 aliphatic rings. The highest BCUT2D eigenvalue weighted by Crippen LogP contribution is 2.13. The van der Waals surface area contributed by atoms with Crippen LogP contribution in [0, 0.1) is 11.6 Å². The van der Waals surface area contributed by atoms with Gasteiger partial charge in [0.15, 0.2) is 5.84 Å². The molecule has 1 amide bonds. The average molecular weight is 299 g/mol. The van der Waals surface area contributed by atoms with Crippen LogP contribution in [0.25, 0.3) is 0 Å². The maximum absolute atomic E-state index is 13.5. The van der Waals surface area contributed by atoms with Crippen molar-refractivity contribution in [2.24, 2.45) is 10.9 Å². The van der Waals surface area contributed by atoms with Crippen LogP contribution in [0.1, 0.15) is 5.56 Å². The van der Waals surface area contributed by atoms with Crippen molar-refractivity contribution in [1.29, 1.82) is 0 Å². The lowest BCUT2D eigenvalue weighted by Crippen LogP contribution is -2.50. The van der Waals surface area contributed by atoms with Gasteiger partial charge >= 0.3 is 0 Å². The molecule has 3 N–H and O–H groups in total. The number of nitrogens with zero attached hydrogens (tertiary/aromatic N) is 2. The minimum atomic E-state index is -0.760. The Morgan fingerprint density at radius 1 is 1.52 bits per heavy atom. The number of oxime groups is 1. The summed E-state index contributed by atoms with van der Waals surface area (Å²) < 4.78 is 31.6. The summed E-state index contributed by atoms with van der Waals surface area (Å²) in [4.78, 5) is 13.6. The van der Waals surface area contributed by atoms with Gasteiger partial charge in [0.05, 0.1) is 19.6 Å². The zero-order chi connectivity index (χ0) is 15.4. The van der Waals surface area contributed by atoms with E-state index in [-0.39, 0.29) is 36.9 Å². The predicted molar refractivity (Wildman–Crippen MR) is 69.8 cm³/mol. The first kappa shape index (κ1) is 15.2. The van der Waals surface area contributed by atoms with Crippen LogP contribution in [-0.4, -0.2) is 47.7 Å². The fraction of sp³-hybridized carbons (Fsp3) is 0.385. The van der Waals surface area contributed by atoms with Gasteiger partial charge in [0.2, 0.25) is 5.91 Å². The van der Waals surface area contributed by atoms with E-state index in [0.717, 1.165) is 12.1 Å². The van der Waals surface area contributed by atoms with Crippen LogP contribution in [-0.2, 0) is 16.0 Å². The first-order valence-corrected chi connectivity index (χ1v) is 6.32. The minimum Gasteiger partial charge on any atom is -0.409 e. The summed E-state index contributed by atoms with van der Waals surface area (Å²) in [6.45, 7) is 0.687. The number of hydrogen-bond acceptors (Lipinski definition) is 4. The van der Waals surface area contributed by atoms with E-state index >= 15 is 0 Å². The van der Waals surface area contributed by atoms with E-state index in [2.05, 4.69) is 5.16 Å². The lowest BCUT2D eigenvalue weighted by atomic mass is 10.1. The van der Waals surface area contributed by atoms with Crippen molar-refractivity contribution in [3.05, 3.63) is 35.4 Å². The number of nitrogens with two attached hydrogens (primary N) is 1. The van der Waals surface area contributed by atoms with E-state index in [1.54, 1.807) is 0 Å². The summed E-state index contributed by atoms with van der Waals surface area (Å²) in [7, 11) is 0.